The molecule has 1 aromatic carbocycles. The summed E-state index contributed by atoms with van der Waals surface area (Å²) in [4.78, 5) is 16.5. The van der Waals surface area contributed by atoms with Crippen molar-refractivity contribution in [1.29, 1.82) is 0 Å². The normalized spacial score (nSPS) is 20.2. The zero-order chi connectivity index (χ0) is 17.3. The lowest BCUT2D eigenvalue weighted by Gasteiger charge is -2.34. The molecule has 0 aromatic heterocycles. The van der Waals surface area contributed by atoms with Gasteiger partial charge in [0.1, 0.15) is 0 Å². The summed E-state index contributed by atoms with van der Waals surface area (Å²) in [5.41, 5.74) is -0.839. The van der Waals surface area contributed by atoms with Gasteiger partial charge in [0.15, 0.2) is 0 Å². The van der Waals surface area contributed by atoms with Crippen LogP contribution in [0.25, 0.3) is 0 Å². The van der Waals surface area contributed by atoms with E-state index in [0.717, 1.165) is 44.4 Å². The van der Waals surface area contributed by atoms with E-state index in [2.05, 4.69) is 10.2 Å². The summed E-state index contributed by atoms with van der Waals surface area (Å²) in [6.07, 6.45) is -2.02. The van der Waals surface area contributed by atoms with E-state index < -0.39 is 11.7 Å². The number of anilines is 1. The Morgan fingerprint density at radius 2 is 1.88 bits per heavy atom. The van der Waals surface area contributed by atoms with Crippen LogP contribution in [0.2, 0.25) is 5.02 Å². The van der Waals surface area contributed by atoms with Crippen molar-refractivity contribution in [2.75, 3.05) is 38.0 Å². The molecule has 2 aliphatic rings. The van der Waals surface area contributed by atoms with Gasteiger partial charge < -0.3 is 5.32 Å². The molecule has 1 aromatic rings. The number of hydrogen-bond acceptors (Lipinski definition) is 3. The predicted octanol–water partition coefficient (Wildman–Crippen LogP) is 3.08. The van der Waals surface area contributed by atoms with Crippen LogP contribution in [0.4, 0.5) is 18.9 Å². The van der Waals surface area contributed by atoms with Crippen LogP contribution < -0.4 is 5.32 Å². The molecular weight excluding hydrogens is 343 g/mol. The first-order chi connectivity index (χ1) is 11.3. The van der Waals surface area contributed by atoms with Crippen LogP contribution in [-0.4, -0.2) is 54.5 Å². The Labute approximate surface area is 143 Å². The first kappa shape index (κ1) is 17.5. The minimum atomic E-state index is -4.54. The molecule has 0 spiro atoms. The molecule has 1 aliphatic heterocycles. The molecule has 1 saturated heterocycles. The third-order valence-electron chi connectivity index (χ3n) is 4.39. The van der Waals surface area contributed by atoms with Crippen LogP contribution in [-0.2, 0) is 11.0 Å². The maximum atomic E-state index is 12.8. The van der Waals surface area contributed by atoms with Gasteiger partial charge in [-0.3, -0.25) is 14.6 Å². The first-order valence-corrected chi connectivity index (χ1v) is 8.34. The summed E-state index contributed by atoms with van der Waals surface area (Å²) in [5, 5.41) is 2.14. The molecule has 3 rings (SSSR count). The number of rotatable bonds is 4. The monoisotopic (exact) mass is 361 g/mol. The lowest BCUT2D eigenvalue weighted by atomic mass is 10.2. The van der Waals surface area contributed by atoms with E-state index >= 15 is 0 Å². The predicted molar refractivity (Wildman–Crippen MR) is 86.1 cm³/mol. The summed E-state index contributed by atoms with van der Waals surface area (Å²) in [5.74, 6) is -0.315. The maximum Gasteiger partial charge on any atom is 0.417 e. The Kier molecular flexibility index (Phi) is 5.03. The molecule has 1 saturated carbocycles. The minimum Gasteiger partial charge on any atom is -0.325 e. The van der Waals surface area contributed by atoms with E-state index in [1.165, 1.54) is 18.9 Å². The number of amides is 1. The van der Waals surface area contributed by atoms with Crippen LogP contribution in [0.3, 0.4) is 0 Å². The Morgan fingerprint density at radius 3 is 2.46 bits per heavy atom. The van der Waals surface area contributed by atoms with Crippen LogP contribution >= 0.6 is 11.6 Å². The molecule has 0 atom stereocenters. The number of nitrogens with zero attached hydrogens (tertiary/aromatic N) is 2. The van der Waals surface area contributed by atoms with E-state index in [-0.39, 0.29) is 23.2 Å². The topological polar surface area (TPSA) is 35.6 Å². The van der Waals surface area contributed by atoms with Gasteiger partial charge in [-0.05, 0) is 31.0 Å². The van der Waals surface area contributed by atoms with Gasteiger partial charge in [0.25, 0.3) is 0 Å². The van der Waals surface area contributed by atoms with Gasteiger partial charge in [-0.15, -0.1) is 0 Å². The molecule has 0 radical (unpaired) electrons. The van der Waals surface area contributed by atoms with Crippen molar-refractivity contribution in [3.63, 3.8) is 0 Å². The van der Waals surface area contributed by atoms with Crippen molar-refractivity contribution in [2.45, 2.75) is 25.1 Å². The Bertz CT molecular complexity index is 611. The van der Waals surface area contributed by atoms with Crippen LogP contribution in [0, 0.1) is 0 Å². The molecule has 1 heterocycles. The van der Waals surface area contributed by atoms with E-state index in [9.17, 15) is 18.0 Å². The quantitative estimate of drug-likeness (QED) is 0.895. The second-order valence-corrected chi connectivity index (χ2v) is 6.69. The Morgan fingerprint density at radius 1 is 1.21 bits per heavy atom. The van der Waals surface area contributed by atoms with E-state index in [0.29, 0.717) is 0 Å². The smallest absolute Gasteiger partial charge is 0.325 e. The highest BCUT2D eigenvalue weighted by Crippen LogP contribution is 2.36. The van der Waals surface area contributed by atoms with Crippen molar-refractivity contribution in [3.05, 3.63) is 28.8 Å². The Balaban J connectivity index is 1.53. The molecular formula is C16H19ClF3N3O. The van der Waals surface area contributed by atoms with Gasteiger partial charge in [0.2, 0.25) is 5.91 Å². The third kappa shape index (κ3) is 4.40. The SMILES string of the molecule is O=C(CN1CCN(C2CC2)CC1)Nc1ccc(Cl)c(C(F)(F)F)c1. The molecule has 4 nitrogen and oxygen atoms in total. The molecule has 0 bridgehead atoms. The van der Waals surface area contributed by atoms with Gasteiger partial charge in [-0.2, -0.15) is 13.2 Å². The largest absolute Gasteiger partial charge is 0.417 e. The fourth-order valence-electron chi connectivity index (χ4n) is 2.95. The van der Waals surface area contributed by atoms with Gasteiger partial charge in [-0.1, -0.05) is 11.6 Å². The number of hydrogen-bond donors (Lipinski definition) is 1. The van der Waals surface area contributed by atoms with E-state index in [1.54, 1.807) is 0 Å². The third-order valence-corrected chi connectivity index (χ3v) is 4.72. The molecule has 24 heavy (non-hydrogen) atoms. The number of halogens is 4. The van der Waals surface area contributed by atoms with Crippen molar-refractivity contribution in [3.8, 4) is 0 Å². The fourth-order valence-corrected chi connectivity index (χ4v) is 3.17. The van der Waals surface area contributed by atoms with Gasteiger partial charge in [-0.25, -0.2) is 0 Å². The lowest BCUT2D eigenvalue weighted by molar-refractivity contribution is -0.137. The number of alkyl halides is 3. The summed E-state index contributed by atoms with van der Waals surface area (Å²) in [6, 6.07) is 4.11. The molecule has 2 fully saturated rings. The Hall–Kier alpha value is -1.31. The number of piperazine rings is 1. The highest BCUT2D eigenvalue weighted by Gasteiger charge is 2.34. The number of benzene rings is 1. The van der Waals surface area contributed by atoms with Gasteiger partial charge >= 0.3 is 6.18 Å². The van der Waals surface area contributed by atoms with Crippen molar-refractivity contribution >= 4 is 23.2 Å². The summed E-state index contributed by atoms with van der Waals surface area (Å²) in [6.45, 7) is 3.67. The fraction of sp³-hybridized carbons (Fsp3) is 0.562. The van der Waals surface area contributed by atoms with E-state index in [4.69, 9.17) is 11.6 Å². The van der Waals surface area contributed by atoms with Crippen molar-refractivity contribution in [1.82, 2.24) is 9.80 Å². The highest BCUT2D eigenvalue weighted by molar-refractivity contribution is 6.31. The second-order valence-electron chi connectivity index (χ2n) is 6.28. The number of nitrogens with one attached hydrogen (secondary N) is 1. The zero-order valence-electron chi connectivity index (χ0n) is 13.1. The summed E-state index contributed by atoms with van der Waals surface area (Å²) in [7, 11) is 0. The average Bonchev–Trinajstić information content (AvgIpc) is 3.33. The highest BCUT2D eigenvalue weighted by atomic mass is 35.5. The van der Waals surface area contributed by atoms with E-state index in [1.807, 2.05) is 4.90 Å². The number of carbonyl (C=O) groups is 1. The van der Waals surface area contributed by atoms with Crippen molar-refractivity contribution < 1.29 is 18.0 Å². The zero-order valence-corrected chi connectivity index (χ0v) is 13.8. The minimum absolute atomic E-state index is 0.105. The summed E-state index contributed by atoms with van der Waals surface area (Å²) >= 11 is 5.57. The molecule has 8 heteroatoms. The van der Waals surface area contributed by atoms with Crippen molar-refractivity contribution in [2.24, 2.45) is 0 Å². The molecule has 1 amide bonds. The van der Waals surface area contributed by atoms with Gasteiger partial charge in [0.05, 0.1) is 17.1 Å². The summed E-state index contributed by atoms with van der Waals surface area (Å²) < 4.78 is 38.5. The second kappa shape index (κ2) is 6.90. The first-order valence-electron chi connectivity index (χ1n) is 7.96. The molecule has 0 unspecified atom stereocenters. The van der Waals surface area contributed by atoms with Crippen LogP contribution in [0.1, 0.15) is 18.4 Å². The number of carbonyl (C=O) groups excluding carboxylic acids is 1. The lowest BCUT2D eigenvalue weighted by Crippen LogP contribution is -2.49. The van der Waals surface area contributed by atoms with Gasteiger partial charge in [0, 0.05) is 37.9 Å². The molecule has 1 aliphatic carbocycles. The average molecular weight is 362 g/mol. The van der Waals surface area contributed by atoms with Crippen LogP contribution in [0.5, 0.6) is 0 Å². The molecule has 132 valence electrons. The standard InChI is InChI=1S/C16H19ClF3N3O/c17-14-4-1-11(9-13(14)16(18,19)20)21-15(24)10-22-5-7-23(8-6-22)12-2-3-12/h1,4,9,12H,2-3,5-8,10H2,(H,21,24). The maximum absolute atomic E-state index is 12.8. The molecule has 1 N–H and O–H groups in total. The van der Waals surface area contributed by atoms with Crippen LogP contribution in [0.15, 0.2) is 18.2 Å².